The number of nitro benzene ring substituents is 1. The van der Waals surface area contributed by atoms with Gasteiger partial charge in [-0.2, -0.15) is 13.2 Å². The Bertz CT molecular complexity index is 519. The Labute approximate surface area is 112 Å². The number of rotatable bonds is 3. The molecule has 0 aliphatic heterocycles. The fourth-order valence-corrected chi connectivity index (χ4v) is 2.12. The summed E-state index contributed by atoms with van der Waals surface area (Å²) in [6, 6.07) is 1.34. The molecule has 18 heavy (non-hydrogen) atoms. The van der Waals surface area contributed by atoms with Crippen molar-refractivity contribution in [2.75, 3.05) is 5.88 Å². The Balaban J connectivity index is 3.58. The Morgan fingerprint density at radius 1 is 1.44 bits per heavy atom. The lowest BCUT2D eigenvalue weighted by Crippen LogP contribution is -2.11. The molecule has 0 spiro atoms. The molecule has 0 N–H and O–H groups in total. The van der Waals surface area contributed by atoms with E-state index in [1.165, 1.54) is 0 Å². The molecule has 0 fully saturated rings. The maximum Gasteiger partial charge on any atom is 0.417 e. The van der Waals surface area contributed by atoms with Gasteiger partial charge in [0.15, 0.2) is 5.78 Å². The van der Waals surface area contributed by atoms with Crippen molar-refractivity contribution >= 4 is 39.0 Å². The fourth-order valence-electron chi connectivity index (χ4n) is 1.26. The molecule has 1 aromatic carbocycles. The minimum Gasteiger partial charge on any atom is -0.293 e. The molecule has 9 heteroatoms. The smallest absolute Gasteiger partial charge is 0.293 e. The highest BCUT2D eigenvalue weighted by atomic mass is 79.9. The number of alkyl halides is 4. The highest BCUT2D eigenvalue weighted by molar-refractivity contribution is 9.10. The largest absolute Gasteiger partial charge is 0.417 e. The van der Waals surface area contributed by atoms with Crippen LogP contribution in [-0.2, 0) is 6.18 Å². The van der Waals surface area contributed by atoms with Gasteiger partial charge in [0.25, 0.3) is 5.69 Å². The third kappa shape index (κ3) is 2.81. The van der Waals surface area contributed by atoms with Crippen LogP contribution >= 0.6 is 27.5 Å². The quantitative estimate of drug-likeness (QED) is 0.362. The van der Waals surface area contributed by atoms with Gasteiger partial charge in [0, 0.05) is 0 Å². The summed E-state index contributed by atoms with van der Waals surface area (Å²) in [6.45, 7) is 0. The van der Waals surface area contributed by atoms with Crippen LogP contribution < -0.4 is 0 Å². The summed E-state index contributed by atoms with van der Waals surface area (Å²) >= 11 is 7.74. The van der Waals surface area contributed by atoms with E-state index in [4.69, 9.17) is 11.6 Å². The summed E-state index contributed by atoms with van der Waals surface area (Å²) in [7, 11) is 0. The minimum absolute atomic E-state index is 0.463. The van der Waals surface area contributed by atoms with Crippen LogP contribution in [0.25, 0.3) is 0 Å². The first-order valence-corrected chi connectivity index (χ1v) is 5.66. The average molecular weight is 346 g/mol. The van der Waals surface area contributed by atoms with Gasteiger partial charge in [-0.1, -0.05) is 0 Å². The van der Waals surface area contributed by atoms with Gasteiger partial charge in [0.1, 0.15) is 4.47 Å². The Hall–Kier alpha value is -1.15. The molecule has 0 amide bonds. The van der Waals surface area contributed by atoms with Crippen molar-refractivity contribution in [2.45, 2.75) is 6.18 Å². The summed E-state index contributed by atoms with van der Waals surface area (Å²) in [5.41, 5.74) is -2.62. The maximum absolute atomic E-state index is 12.5. The molecule has 4 nitrogen and oxygen atoms in total. The van der Waals surface area contributed by atoms with Crippen LogP contribution in [0, 0.1) is 10.1 Å². The minimum atomic E-state index is -4.76. The van der Waals surface area contributed by atoms with Crippen molar-refractivity contribution in [3.05, 3.63) is 37.8 Å². The van der Waals surface area contributed by atoms with Crippen molar-refractivity contribution in [1.29, 1.82) is 0 Å². The van der Waals surface area contributed by atoms with E-state index >= 15 is 0 Å². The van der Waals surface area contributed by atoms with Crippen molar-refractivity contribution in [3.8, 4) is 0 Å². The second-order valence-corrected chi connectivity index (χ2v) is 4.20. The van der Waals surface area contributed by atoms with E-state index in [9.17, 15) is 28.1 Å². The summed E-state index contributed by atoms with van der Waals surface area (Å²) in [4.78, 5) is 21.0. The van der Waals surface area contributed by atoms with E-state index in [2.05, 4.69) is 15.9 Å². The van der Waals surface area contributed by atoms with Crippen molar-refractivity contribution in [2.24, 2.45) is 0 Å². The molecule has 0 aliphatic carbocycles. The van der Waals surface area contributed by atoms with Gasteiger partial charge in [-0.25, -0.2) is 0 Å². The van der Waals surface area contributed by atoms with Gasteiger partial charge in [0.05, 0.1) is 21.9 Å². The number of nitro groups is 1. The highest BCUT2D eigenvalue weighted by Gasteiger charge is 2.38. The van der Waals surface area contributed by atoms with Crippen molar-refractivity contribution < 1.29 is 22.9 Å². The molecule has 98 valence electrons. The molecule has 0 heterocycles. The lowest BCUT2D eigenvalue weighted by atomic mass is 10.1. The molecule has 0 radical (unpaired) electrons. The lowest BCUT2D eigenvalue weighted by Gasteiger charge is -2.10. The predicted octanol–water partition coefficient (Wildman–Crippen LogP) is 3.80. The third-order valence-electron chi connectivity index (χ3n) is 2.03. The molecule has 1 aromatic rings. The summed E-state index contributed by atoms with van der Waals surface area (Å²) in [6.07, 6.45) is -4.76. The summed E-state index contributed by atoms with van der Waals surface area (Å²) < 4.78 is 36.8. The molecule has 0 aromatic heterocycles. The standard InChI is InChI=1S/C9H4BrClF3NO3/c10-7-5(9(12,13)14)2-1-4(6(16)3-11)8(7)15(17)18/h1-2H,3H2. The van der Waals surface area contributed by atoms with E-state index in [1.807, 2.05) is 0 Å². The number of carbonyl (C=O) groups excluding carboxylic acids is 1. The number of ketones is 1. The number of Topliss-reactive ketones (excluding diaryl/α,β-unsaturated/α-hetero) is 1. The number of nitrogens with zero attached hydrogens (tertiary/aromatic N) is 1. The van der Waals surface area contributed by atoms with Gasteiger partial charge < -0.3 is 0 Å². The number of carbonyl (C=O) groups is 1. The number of hydrogen-bond donors (Lipinski definition) is 0. The van der Waals surface area contributed by atoms with Gasteiger partial charge in [-0.15, -0.1) is 11.6 Å². The zero-order chi connectivity index (χ0) is 14.1. The molecule has 0 unspecified atom stereocenters. The van der Waals surface area contributed by atoms with Gasteiger partial charge in [0.2, 0.25) is 0 Å². The van der Waals surface area contributed by atoms with Crippen LogP contribution in [0.5, 0.6) is 0 Å². The molecular formula is C9H4BrClF3NO3. The summed E-state index contributed by atoms with van der Waals surface area (Å²) in [5.74, 6) is -1.38. The SMILES string of the molecule is O=C(CCl)c1ccc(C(F)(F)F)c(Br)c1[N+](=O)[O-]. The zero-order valence-corrected chi connectivity index (χ0v) is 10.8. The van der Waals surface area contributed by atoms with Gasteiger partial charge in [-0.05, 0) is 28.1 Å². The Morgan fingerprint density at radius 3 is 2.39 bits per heavy atom. The fraction of sp³-hybridized carbons (Fsp3) is 0.222. The number of halogens is 5. The number of hydrogen-bond acceptors (Lipinski definition) is 3. The predicted molar refractivity (Wildman–Crippen MR) is 60.8 cm³/mol. The normalized spacial score (nSPS) is 11.4. The average Bonchev–Trinajstić information content (AvgIpc) is 2.25. The molecule has 0 atom stereocenters. The summed E-state index contributed by atoms with van der Waals surface area (Å²) in [5, 5.41) is 10.8. The van der Waals surface area contributed by atoms with Crippen LogP contribution in [0.4, 0.5) is 18.9 Å². The first kappa shape index (κ1) is 14.9. The molecule has 0 aliphatic rings. The molecular weight excluding hydrogens is 342 g/mol. The molecule has 0 bridgehead atoms. The zero-order valence-electron chi connectivity index (χ0n) is 8.42. The van der Waals surface area contributed by atoms with Crippen LogP contribution in [0.3, 0.4) is 0 Å². The van der Waals surface area contributed by atoms with E-state index in [-0.39, 0.29) is 0 Å². The highest BCUT2D eigenvalue weighted by Crippen LogP contribution is 2.41. The van der Waals surface area contributed by atoms with Crippen LogP contribution in [0.1, 0.15) is 15.9 Å². The van der Waals surface area contributed by atoms with E-state index < -0.39 is 44.0 Å². The second-order valence-electron chi connectivity index (χ2n) is 3.13. The van der Waals surface area contributed by atoms with E-state index in [0.717, 1.165) is 6.07 Å². The maximum atomic E-state index is 12.5. The van der Waals surface area contributed by atoms with Crippen molar-refractivity contribution in [1.82, 2.24) is 0 Å². The number of benzene rings is 1. The topological polar surface area (TPSA) is 60.2 Å². The monoisotopic (exact) mass is 345 g/mol. The Kier molecular flexibility index (Phi) is 4.33. The second kappa shape index (κ2) is 5.23. The van der Waals surface area contributed by atoms with Crippen LogP contribution in [0.15, 0.2) is 16.6 Å². The lowest BCUT2D eigenvalue weighted by molar-refractivity contribution is -0.386. The van der Waals surface area contributed by atoms with Crippen LogP contribution in [-0.4, -0.2) is 16.6 Å². The van der Waals surface area contributed by atoms with Gasteiger partial charge in [-0.3, -0.25) is 14.9 Å². The Morgan fingerprint density at radius 2 is 2.00 bits per heavy atom. The molecule has 0 saturated carbocycles. The van der Waals surface area contributed by atoms with Crippen LogP contribution in [0.2, 0.25) is 0 Å². The van der Waals surface area contributed by atoms with Crippen molar-refractivity contribution in [3.63, 3.8) is 0 Å². The van der Waals surface area contributed by atoms with E-state index in [1.54, 1.807) is 0 Å². The first-order chi connectivity index (χ1) is 8.20. The molecule has 0 saturated heterocycles. The first-order valence-electron chi connectivity index (χ1n) is 4.33. The van der Waals surface area contributed by atoms with Gasteiger partial charge >= 0.3 is 6.18 Å². The van der Waals surface area contributed by atoms with E-state index in [0.29, 0.717) is 6.07 Å². The third-order valence-corrected chi connectivity index (χ3v) is 3.07. The molecule has 1 rings (SSSR count).